The normalized spacial score (nSPS) is 11.4. The summed E-state index contributed by atoms with van der Waals surface area (Å²) in [6.45, 7) is 9.59. The maximum atomic E-state index is 5.75. The van der Waals surface area contributed by atoms with Crippen molar-refractivity contribution >= 4 is 27.8 Å². The number of hydrogen-bond acceptors (Lipinski definition) is 6. The van der Waals surface area contributed by atoms with Gasteiger partial charge in [-0.1, -0.05) is 27.2 Å². The number of anilines is 1. The summed E-state index contributed by atoms with van der Waals surface area (Å²) < 4.78 is 0. The maximum absolute atomic E-state index is 5.75. The lowest BCUT2D eigenvalue weighted by atomic mass is 10.2. The number of rotatable bonds is 7. The minimum absolute atomic E-state index is 0.626. The summed E-state index contributed by atoms with van der Waals surface area (Å²) in [5, 5.41) is 3.84. The third-order valence-electron chi connectivity index (χ3n) is 3.24. The molecule has 20 heavy (non-hydrogen) atoms. The Balaban J connectivity index is 2.28. The van der Waals surface area contributed by atoms with Gasteiger partial charge in [0, 0.05) is 5.38 Å². The van der Waals surface area contributed by atoms with Crippen molar-refractivity contribution in [3.63, 3.8) is 0 Å². The second-order valence-corrected chi connectivity index (χ2v) is 6.64. The molecule has 0 spiro atoms. The average molecular weight is 310 g/mol. The quantitative estimate of drug-likeness (QED) is 0.848. The molecule has 0 amide bonds. The summed E-state index contributed by atoms with van der Waals surface area (Å²) in [5.74, 6) is 0. The van der Waals surface area contributed by atoms with E-state index in [1.54, 1.807) is 11.3 Å². The van der Waals surface area contributed by atoms with Crippen molar-refractivity contribution in [2.75, 3.05) is 18.8 Å². The first-order valence-electron chi connectivity index (χ1n) is 7.10. The van der Waals surface area contributed by atoms with Gasteiger partial charge in [-0.3, -0.25) is 4.90 Å². The molecule has 4 nitrogen and oxygen atoms in total. The van der Waals surface area contributed by atoms with Crippen molar-refractivity contribution in [3.05, 3.63) is 16.1 Å². The highest BCUT2D eigenvalue weighted by molar-refractivity contribution is 7.16. The highest BCUT2D eigenvalue weighted by atomic mass is 32.1. The molecule has 0 radical (unpaired) electrons. The van der Waals surface area contributed by atoms with Crippen LogP contribution >= 0.6 is 22.7 Å². The summed E-state index contributed by atoms with van der Waals surface area (Å²) in [7, 11) is 0. The van der Waals surface area contributed by atoms with Crippen molar-refractivity contribution in [3.8, 4) is 10.6 Å². The van der Waals surface area contributed by atoms with Gasteiger partial charge in [0.1, 0.15) is 5.01 Å². The SMILES string of the molecule is CCCc1nc(CN(CC)CC)sc1-c1csc(N)n1. The predicted octanol–water partition coefficient (Wildman–Crippen LogP) is 3.64. The van der Waals surface area contributed by atoms with Crippen molar-refractivity contribution in [1.82, 2.24) is 14.9 Å². The van der Waals surface area contributed by atoms with Crippen LogP contribution in [-0.2, 0) is 13.0 Å². The smallest absolute Gasteiger partial charge is 0.180 e. The van der Waals surface area contributed by atoms with Gasteiger partial charge >= 0.3 is 0 Å². The molecular formula is C14H22N4S2. The largest absolute Gasteiger partial charge is 0.375 e. The number of nitrogens with two attached hydrogens (primary N) is 1. The van der Waals surface area contributed by atoms with E-state index in [2.05, 4.69) is 30.7 Å². The minimum Gasteiger partial charge on any atom is -0.375 e. The fourth-order valence-corrected chi connectivity index (χ4v) is 3.85. The molecule has 0 bridgehead atoms. The number of aromatic nitrogens is 2. The Labute approximate surface area is 128 Å². The van der Waals surface area contributed by atoms with Crippen molar-refractivity contribution in [1.29, 1.82) is 0 Å². The van der Waals surface area contributed by atoms with Crippen LogP contribution in [0.3, 0.4) is 0 Å². The van der Waals surface area contributed by atoms with Crippen LogP contribution in [0.1, 0.15) is 37.9 Å². The first-order valence-corrected chi connectivity index (χ1v) is 8.79. The zero-order valence-corrected chi connectivity index (χ0v) is 14.0. The fourth-order valence-electron chi connectivity index (χ4n) is 2.11. The predicted molar refractivity (Wildman–Crippen MR) is 88.3 cm³/mol. The molecular weight excluding hydrogens is 288 g/mol. The van der Waals surface area contributed by atoms with E-state index in [-0.39, 0.29) is 0 Å². The fraction of sp³-hybridized carbons (Fsp3) is 0.571. The van der Waals surface area contributed by atoms with Gasteiger partial charge in [0.05, 0.1) is 22.8 Å². The third kappa shape index (κ3) is 3.56. The molecule has 0 aliphatic carbocycles. The summed E-state index contributed by atoms with van der Waals surface area (Å²) in [4.78, 5) is 12.8. The molecule has 2 aromatic heterocycles. The zero-order chi connectivity index (χ0) is 14.5. The van der Waals surface area contributed by atoms with Gasteiger partial charge in [-0.05, 0) is 19.5 Å². The molecule has 0 unspecified atom stereocenters. The van der Waals surface area contributed by atoms with E-state index in [0.717, 1.165) is 38.2 Å². The number of hydrogen-bond donors (Lipinski definition) is 1. The molecule has 0 saturated heterocycles. The van der Waals surface area contributed by atoms with Gasteiger partial charge in [-0.15, -0.1) is 22.7 Å². The van der Waals surface area contributed by atoms with Gasteiger partial charge in [0.15, 0.2) is 5.13 Å². The Morgan fingerprint density at radius 1 is 1.20 bits per heavy atom. The highest BCUT2D eigenvalue weighted by Gasteiger charge is 2.16. The molecule has 0 aromatic carbocycles. The second-order valence-electron chi connectivity index (χ2n) is 4.67. The Morgan fingerprint density at radius 2 is 1.95 bits per heavy atom. The number of nitrogens with zero attached hydrogens (tertiary/aromatic N) is 3. The maximum Gasteiger partial charge on any atom is 0.180 e. The van der Waals surface area contributed by atoms with Crippen molar-refractivity contribution in [2.45, 2.75) is 40.2 Å². The Morgan fingerprint density at radius 3 is 2.50 bits per heavy atom. The molecule has 0 saturated carbocycles. The third-order valence-corrected chi connectivity index (χ3v) is 5.02. The second kappa shape index (κ2) is 7.15. The van der Waals surface area contributed by atoms with Gasteiger partial charge in [-0.25, -0.2) is 9.97 Å². The van der Waals surface area contributed by atoms with E-state index in [1.807, 2.05) is 5.38 Å². The van der Waals surface area contributed by atoms with Crippen LogP contribution in [0.4, 0.5) is 5.13 Å². The van der Waals surface area contributed by atoms with E-state index in [4.69, 9.17) is 10.7 Å². The van der Waals surface area contributed by atoms with E-state index in [1.165, 1.54) is 26.9 Å². The number of thiazole rings is 2. The van der Waals surface area contributed by atoms with Gasteiger partial charge < -0.3 is 5.73 Å². The lowest BCUT2D eigenvalue weighted by Gasteiger charge is -2.15. The molecule has 2 heterocycles. The van der Waals surface area contributed by atoms with Gasteiger partial charge in [-0.2, -0.15) is 0 Å². The average Bonchev–Trinajstić information content (AvgIpc) is 3.03. The molecule has 0 aliphatic heterocycles. The molecule has 110 valence electrons. The Hall–Kier alpha value is -0.980. The van der Waals surface area contributed by atoms with E-state index in [9.17, 15) is 0 Å². The summed E-state index contributed by atoms with van der Waals surface area (Å²) in [6, 6.07) is 0. The minimum atomic E-state index is 0.626. The topological polar surface area (TPSA) is 55.0 Å². The molecule has 2 N–H and O–H groups in total. The number of aryl methyl sites for hydroxylation is 1. The summed E-state index contributed by atoms with van der Waals surface area (Å²) >= 11 is 3.25. The van der Waals surface area contributed by atoms with E-state index < -0.39 is 0 Å². The van der Waals surface area contributed by atoms with Gasteiger partial charge in [0.25, 0.3) is 0 Å². The standard InChI is InChI=1S/C14H22N4S2/c1-4-7-10-13(11-9-19-14(15)17-11)20-12(16-10)8-18(5-2)6-3/h9H,4-8H2,1-3H3,(H2,15,17). The Bertz CT molecular complexity index is 543. The zero-order valence-electron chi connectivity index (χ0n) is 12.3. The monoisotopic (exact) mass is 310 g/mol. The van der Waals surface area contributed by atoms with Crippen LogP contribution in [0, 0.1) is 0 Å². The van der Waals surface area contributed by atoms with E-state index in [0.29, 0.717) is 5.13 Å². The highest BCUT2D eigenvalue weighted by Crippen LogP contribution is 2.33. The van der Waals surface area contributed by atoms with Crippen LogP contribution in [0.25, 0.3) is 10.6 Å². The molecule has 0 fully saturated rings. The van der Waals surface area contributed by atoms with E-state index >= 15 is 0 Å². The van der Waals surface area contributed by atoms with Crippen molar-refractivity contribution in [2.24, 2.45) is 0 Å². The van der Waals surface area contributed by atoms with Crippen LogP contribution in [-0.4, -0.2) is 28.0 Å². The number of nitrogen functional groups attached to an aromatic ring is 1. The summed E-state index contributed by atoms with van der Waals surface area (Å²) in [5.41, 5.74) is 7.91. The molecule has 2 rings (SSSR count). The summed E-state index contributed by atoms with van der Waals surface area (Å²) in [6.07, 6.45) is 2.10. The van der Waals surface area contributed by atoms with Crippen LogP contribution in [0.5, 0.6) is 0 Å². The lowest BCUT2D eigenvalue weighted by molar-refractivity contribution is 0.295. The first kappa shape index (κ1) is 15.4. The van der Waals surface area contributed by atoms with Gasteiger partial charge in [0.2, 0.25) is 0 Å². The van der Waals surface area contributed by atoms with Crippen LogP contribution in [0.15, 0.2) is 5.38 Å². The molecule has 6 heteroatoms. The van der Waals surface area contributed by atoms with Crippen molar-refractivity contribution < 1.29 is 0 Å². The molecule has 0 atom stereocenters. The first-order chi connectivity index (χ1) is 9.67. The molecule has 0 aliphatic rings. The van der Waals surface area contributed by atoms with Crippen LogP contribution < -0.4 is 5.73 Å². The Kier molecular flexibility index (Phi) is 5.51. The van der Waals surface area contributed by atoms with Crippen LogP contribution in [0.2, 0.25) is 0 Å². The molecule has 2 aromatic rings. The lowest BCUT2D eigenvalue weighted by Crippen LogP contribution is -2.21.